The maximum atomic E-state index is 13.0. The first-order valence-electron chi connectivity index (χ1n) is 9.60. The van der Waals surface area contributed by atoms with E-state index in [1.807, 2.05) is 0 Å². The van der Waals surface area contributed by atoms with Crippen molar-refractivity contribution in [2.24, 2.45) is 0 Å². The number of hydrogen-bond donors (Lipinski definition) is 2. The van der Waals surface area contributed by atoms with Gasteiger partial charge in [-0.15, -0.1) is 0 Å². The number of nitrogens with zero attached hydrogens (tertiary/aromatic N) is 2. The lowest BCUT2D eigenvalue weighted by molar-refractivity contribution is -0.121. The monoisotopic (exact) mass is 452 g/mol. The first-order valence-corrected chi connectivity index (χ1v) is 11.0. The third kappa shape index (κ3) is 5.33. The van der Waals surface area contributed by atoms with E-state index < -0.39 is 15.9 Å². The minimum absolute atomic E-state index is 0.0205. The molecule has 1 aromatic carbocycles. The second-order valence-corrected chi connectivity index (χ2v) is 8.66. The molecule has 12 heteroatoms. The van der Waals surface area contributed by atoms with Crippen molar-refractivity contribution in [3.63, 3.8) is 0 Å². The van der Waals surface area contributed by atoms with Gasteiger partial charge in [-0.25, -0.2) is 8.42 Å². The SMILES string of the molecule is COc1ccc2c(c1)OCCNC(=O)CN(S(=O)(=O)c1cnoc1C)CCCNC2=O. The summed E-state index contributed by atoms with van der Waals surface area (Å²) in [6.45, 7) is 1.51. The van der Waals surface area contributed by atoms with Crippen molar-refractivity contribution in [3.8, 4) is 11.5 Å². The molecule has 0 unspecified atom stereocenters. The molecule has 0 radical (unpaired) electrons. The van der Waals surface area contributed by atoms with Crippen molar-refractivity contribution in [2.45, 2.75) is 18.2 Å². The van der Waals surface area contributed by atoms with Crippen molar-refractivity contribution < 1.29 is 32.0 Å². The van der Waals surface area contributed by atoms with Crippen molar-refractivity contribution >= 4 is 21.8 Å². The van der Waals surface area contributed by atoms with Crippen LogP contribution in [0.4, 0.5) is 0 Å². The zero-order valence-corrected chi connectivity index (χ0v) is 18.0. The lowest BCUT2D eigenvalue weighted by Gasteiger charge is -2.22. The molecule has 2 amide bonds. The summed E-state index contributed by atoms with van der Waals surface area (Å²) in [7, 11) is -2.49. The Balaban J connectivity index is 1.80. The van der Waals surface area contributed by atoms with E-state index in [-0.39, 0.29) is 55.8 Å². The average molecular weight is 452 g/mol. The average Bonchev–Trinajstić information content (AvgIpc) is 3.19. The standard InChI is InChI=1S/C19H24N4O7S/c1-13-17(11-22-30-13)31(26,27)23-8-3-6-21-19(25)15-5-4-14(28-2)10-16(15)29-9-7-20-18(24)12-23/h4-5,10-11H,3,6-9,12H2,1-2H3,(H,20,24)(H,21,25). The second-order valence-electron chi connectivity index (χ2n) is 6.75. The fraction of sp³-hybridized carbons (Fsp3) is 0.421. The Hall–Kier alpha value is -3.12. The lowest BCUT2D eigenvalue weighted by atomic mass is 10.1. The quantitative estimate of drug-likeness (QED) is 0.678. The van der Waals surface area contributed by atoms with E-state index in [1.54, 1.807) is 18.2 Å². The van der Waals surface area contributed by atoms with Gasteiger partial charge < -0.3 is 24.6 Å². The predicted molar refractivity (Wildman–Crippen MR) is 108 cm³/mol. The summed E-state index contributed by atoms with van der Waals surface area (Å²) in [6.07, 6.45) is 1.39. The summed E-state index contributed by atoms with van der Waals surface area (Å²) in [5.74, 6) is 0.154. The highest BCUT2D eigenvalue weighted by molar-refractivity contribution is 7.89. The molecule has 0 fully saturated rings. The summed E-state index contributed by atoms with van der Waals surface area (Å²) in [4.78, 5) is 24.8. The molecule has 1 aliphatic heterocycles. The van der Waals surface area contributed by atoms with E-state index in [9.17, 15) is 18.0 Å². The number of benzene rings is 1. The van der Waals surface area contributed by atoms with Gasteiger partial charge in [0.1, 0.15) is 23.0 Å². The number of carbonyl (C=O) groups excluding carboxylic acids is 2. The number of hydrogen-bond acceptors (Lipinski definition) is 8. The van der Waals surface area contributed by atoms with Gasteiger partial charge in [-0.2, -0.15) is 4.31 Å². The van der Waals surface area contributed by atoms with Crippen LogP contribution in [0, 0.1) is 6.92 Å². The Morgan fingerprint density at radius 3 is 2.71 bits per heavy atom. The molecule has 1 aliphatic rings. The third-order valence-corrected chi connectivity index (χ3v) is 6.57. The lowest BCUT2D eigenvalue weighted by Crippen LogP contribution is -2.43. The van der Waals surface area contributed by atoms with Crippen LogP contribution in [0.5, 0.6) is 11.5 Å². The molecule has 0 atom stereocenters. The van der Waals surface area contributed by atoms with Gasteiger partial charge >= 0.3 is 0 Å². The van der Waals surface area contributed by atoms with Crippen LogP contribution in [0.1, 0.15) is 22.5 Å². The van der Waals surface area contributed by atoms with Gasteiger partial charge in [-0.05, 0) is 25.5 Å². The molecular weight excluding hydrogens is 428 g/mol. The fourth-order valence-corrected chi connectivity index (χ4v) is 4.53. The molecule has 168 valence electrons. The maximum absolute atomic E-state index is 13.0. The minimum atomic E-state index is -4.00. The summed E-state index contributed by atoms with van der Waals surface area (Å²) in [6, 6.07) is 4.82. The maximum Gasteiger partial charge on any atom is 0.255 e. The number of carbonyl (C=O) groups is 2. The van der Waals surface area contributed by atoms with Gasteiger partial charge in [-0.1, -0.05) is 5.16 Å². The van der Waals surface area contributed by atoms with Gasteiger partial charge in [0.15, 0.2) is 5.76 Å². The Kier molecular flexibility index (Phi) is 7.13. The zero-order chi connectivity index (χ0) is 22.4. The summed E-state index contributed by atoms with van der Waals surface area (Å²) >= 11 is 0. The van der Waals surface area contributed by atoms with Crippen molar-refractivity contribution in [3.05, 3.63) is 35.7 Å². The highest BCUT2D eigenvalue weighted by Gasteiger charge is 2.30. The van der Waals surface area contributed by atoms with E-state index in [1.165, 1.54) is 14.0 Å². The number of aromatic nitrogens is 1. The first kappa shape index (κ1) is 22.6. The van der Waals surface area contributed by atoms with Crippen LogP contribution in [0.15, 0.2) is 33.8 Å². The number of aryl methyl sites for hydroxylation is 1. The Labute approximate surface area is 179 Å². The summed E-state index contributed by atoms with van der Waals surface area (Å²) in [5.41, 5.74) is 0.314. The van der Waals surface area contributed by atoms with Crippen LogP contribution in [0.25, 0.3) is 0 Å². The van der Waals surface area contributed by atoms with Gasteiger partial charge in [-0.3, -0.25) is 9.59 Å². The van der Waals surface area contributed by atoms with E-state index >= 15 is 0 Å². The molecule has 2 N–H and O–H groups in total. The number of methoxy groups -OCH3 is 1. The molecule has 1 aromatic heterocycles. The Bertz CT molecular complexity index is 1050. The molecule has 2 heterocycles. The van der Waals surface area contributed by atoms with Crippen molar-refractivity contribution in [2.75, 3.05) is 39.9 Å². The smallest absolute Gasteiger partial charge is 0.255 e. The zero-order valence-electron chi connectivity index (χ0n) is 17.2. The van der Waals surface area contributed by atoms with Gasteiger partial charge in [0.2, 0.25) is 15.9 Å². The molecule has 0 saturated carbocycles. The number of sulfonamides is 1. The summed E-state index contributed by atoms with van der Waals surface area (Å²) in [5, 5.41) is 8.88. The van der Waals surface area contributed by atoms with Crippen LogP contribution in [-0.2, 0) is 14.8 Å². The van der Waals surface area contributed by atoms with Crippen LogP contribution in [0.2, 0.25) is 0 Å². The highest BCUT2D eigenvalue weighted by Crippen LogP contribution is 2.25. The predicted octanol–water partition coefficient (Wildman–Crippen LogP) is 0.311. The van der Waals surface area contributed by atoms with Crippen LogP contribution < -0.4 is 20.1 Å². The topological polar surface area (TPSA) is 140 Å². The largest absolute Gasteiger partial charge is 0.497 e. The summed E-state index contributed by atoms with van der Waals surface area (Å²) < 4.78 is 42.7. The number of rotatable bonds is 3. The number of fused-ring (bicyclic) bond motifs is 1. The van der Waals surface area contributed by atoms with E-state index in [0.29, 0.717) is 17.1 Å². The Morgan fingerprint density at radius 2 is 2.00 bits per heavy atom. The van der Waals surface area contributed by atoms with E-state index in [2.05, 4.69) is 15.8 Å². The number of nitrogens with one attached hydrogen (secondary N) is 2. The molecule has 31 heavy (non-hydrogen) atoms. The molecule has 0 saturated heterocycles. The third-order valence-electron chi connectivity index (χ3n) is 4.63. The van der Waals surface area contributed by atoms with E-state index in [4.69, 9.17) is 14.0 Å². The van der Waals surface area contributed by atoms with Crippen molar-refractivity contribution in [1.82, 2.24) is 20.1 Å². The number of ether oxygens (including phenoxy) is 2. The molecular formula is C19H24N4O7S. The highest BCUT2D eigenvalue weighted by atomic mass is 32.2. The molecule has 0 bridgehead atoms. The second kappa shape index (κ2) is 9.79. The van der Waals surface area contributed by atoms with Gasteiger partial charge in [0.25, 0.3) is 5.91 Å². The molecule has 0 aliphatic carbocycles. The van der Waals surface area contributed by atoms with E-state index in [0.717, 1.165) is 10.5 Å². The molecule has 0 spiro atoms. The normalized spacial score (nSPS) is 17.0. The van der Waals surface area contributed by atoms with Crippen molar-refractivity contribution in [1.29, 1.82) is 0 Å². The fourth-order valence-electron chi connectivity index (χ4n) is 3.02. The van der Waals surface area contributed by atoms with Gasteiger partial charge in [0.05, 0.1) is 32.0 Å². The first-order chi connectivity index (χ1) is 14.8. The van der Waals surface area contributed by atoms with Crippen LogP contribution in [-0.4, -0.2) is 69.6 Å². The molecule has 2 aromatic rings. The minimum Gasteiger partial charge on any atom is -0.497 e. The molecule has 3 rings (SSSR count). The molecule has 11 nitrogen and oxygen atoms in total. The Morgan fingerprint density at radius 1 is 1.19 bits per heavy atom. The number of amides is 2. The van der Waals surface area contributed by atoms with Gasteiger partial charge in [0, 0.05) is 19.2 Å². The van der Waals surface area contributed by atoms with Crippen LogP contribution in [0.3, 0.4) is 0 Å². The van der Waals surface area contributed by atoms with Crippen LogP contribution >= 0.6 is 0 Å².